The predicted octanol–water partition coefficient (Wildman–Crippen LogP) is 5.78. The number of ketones is 1. The summed E-state index contributed by atoms with van der Waals surface area (Å²) in [7, 11) is 1.63. The number of ether oxygens (including phenoxy) is 2. The quantitative estimate of drug-likeness (QED) is 0.235. The molecule has 0 N–H and O–H groups in total. The number of hydrogen-bond acceptors (Lipinski definition) is 7. The number of benzene rings is 2. The Morgan fingerprint density at radius 1 is 1.12 bits per heavy atom. The van der Waals surface area contributed by atoms with Gasteiger partial charge in [0.25, 0.3) is 0 Å². The zero-order valence-corrected chi connectivity index (χ0v) is 23.6. The van der Waals surface area contributed by atoms with E-state index in [0.717, 1.165) is 44.0 Å². The molecule has 1 atom stereocenters. The Balaban J connectivity index is 1.15. The van der Waals surface area contributed by atoms with Gasteiger partial charge in [-0.25, -0.2) is 13.8 Å². The number of fused-ring (bicyclic) bond motifs is 1. The summed E-state index contributed by atoms with van der Waals surface area (Å²) in [4.78, 5) is 23.7. The van der Waals surface area contributed by atoms with Gasteiger partial charge < -0.3 is 18.9 Å². The van der Waals surface area contributed by atoms with Gasteiger partial charge in [-0.15, -0.1) is 0 Å². The number of nitriles is 1. The molecule has 4 aromatic rings. The lowest BCUT2D eigenvalue weighted by molar-refractivity contribution is 0.101. The van der Waals surface area contributed by atoms with Crippen LogP contribution in [0.4, 0.5) is 14.6 Å². The number of anilines is 1. The molecule has 2 fully saturated rings. The molecular formula is C32H31F2N5O3. The first-order valence-electron chi connectivity index (χ1n) is 14.0. The van der Waals surface area contributed by atoms with Crippen molar-refractivity contribution in [3.05, 3.63) is 82.7 Å². The number of carbonyl (C=O) groups excluding carboxylic acids is 1. The number of nitrogens with zero attached hydrogens (tertiary/aromatic N) is 5. The van der Waals surface area contributed by atoms with Crippen molar-refractivity contribution >= 4 is 22.6 Å². The number of carbonyl (C=O) groups is 1. The molecule has 0 radical (unpaired) electrons. The highest BCUT2D eigenvalue weighted by atomic mass is 19.1. The van der Waals surface area contributed by atoms with E-state index in [4.69, 9.17) is 19.7 Å². The van der Waals surface area contributed by atoms with E-state index < -0.39 is 11.6 Å². The van der Waals surface area contributed by atoms with Crippen LogP contribution in [0.1, 0.15) is 59.4 Å². The Morgan fingerprint density at radius 3 is 2.64 bits per heavy atom. The number of piperidine rings is 1. The van der Waals surface area contributed by atoms with Crippen molar-refractivity contribution in [2.75, 3.05) is 31.7 Å². The monoisotopic (exact) mass is 571 g/mol. The molecule has 0 amide bonds. The van der Waals surface area contributed by atoms with E-state index in [1.807, 2.05) is 22.8 Å². The Bertz CT molecular complexity index is 1700. The first kappa shape index (κ1) is 27.8. The molecule has 3 heterocycles. The fourth-order valence-electron chi connectivity index (χ4n) is 6.08. The maximum atomic E-state index is 15.0. The maximum Gasteiger partial charge on any atom is 0.215 e. The summed E-state index contributed by atoms with van der Waals surface area (Å²) in [5, 5.41) is 8.94. The Labute approximate surface area is 242 Å². The summed E-state index contributed by atoms with van der Waals surface area (Å²) in [6.07, 6.45) is 2.86. The molecule has 0 bridgehead atoms. The molecule has 1 saturated carbocycles. The van der Waals surface area contributed by atoms with Crippen molar-refractivity contribution in [2.24, 2.45) is 5.41 Å². The average Bonchev–Trinajstić information content (AvgIpc) is 3.55. The minimum atomic E-state index is -0.483. The molecule has 10 heteroatoms. The van der Waals surface area contributed by atoms with Gasteiger partial charge in [0.2, 0.25) is 5.88 Å². The van der Waals surface area contributed by atoms with E-state index in [9.17, 15) is 9.18 Å². The van der Waals surface area contributed by atoms with Crippen molar-refractivity contribution in [1.29, 1.82) is 5.26 Å². The molecule has 42 heavy (non-hydrogen) atoms. The standard InChI is InChI=1S/C32H31F2N5O3/c1-20(40)23-15-26(34)30-27(16-23)39(12-13-41-2)31(37-30)24-17-32(24)8-10-38(11-9-32)28-4-3-5-29(36-28)42-19-22-7-6-21(18-35)14-25(22)33/h3-7,14-16,24H,8-13,17,19H2,1-2H3. The zero-order valence-electron chi connectivity index (χ0n) is 23.6. The molecule has 1 spiro atoms. The molecule has 8 nitrogen and oxygen atoms in total. The van der Waals surface area contributed by atoms with E-state index in [0.29, 0.717) is 41.2 Å². The molecular weight excluding hydrogens is 540 g/mol. The zero-order chi connectivity index (χ0) is 29.4. The van der Waals surface area contributed by atoms with Crippen LogP contribution in [0, 0.1) is 28.4 Å². The van der Waals surface area contributed by atoms with Gasteiger partial charge in [0.15, 0.2) is 11.6 Å². The fourth-order valence-corrected chi connectivity index (χ4v) is 6.08. The molecule has 1 unspecified atom stereocenters. The lowest BCUT2D eigenvalue weighted by Crippen LogP contribution is -2.35. The van der Waals surface area contributed by atoms with E-state index in [2.05, 4.69) is 9.88 Å². The molecule has 2 aliphatic rings. The van der Waals surface area contributed by atoms with Crippen molar-refractivity contribution in [2.45, 2.75) is 45.3 Å². The molecule has 2 aromatic heterocycles. The van der Waals surface area contributed by atoms with Crippen LogP contribution < -0.4 is 9.64 Å². The Hall–Kier alpha value is -4.36. The number of halogens is 2. The third-order valence-electron chi connectivity index (χ3n) is 8.61. The van der Waals surface area contributed by atoms with Crippen molar-refractivity contribution < 1.29 is 23.0 Å². The van der Waals surface area contributed by atoms with Crippen LogP contribution in [0.2, 0.25) is 0 Å². The first-order valence-corrected chi connectivity index (χ1v) is 14.0. The van der Waals surface area contributed by atoms with Gasteiger partial charge in [-0.3, -0.25) is 4.79 Å². The van der Waals surface area contributed by atoms with Crippen LogP contribution in [0.5, 0.6) is 5.88 Å². The topological polar surface area (TPSA) is 93.3 Å². The Morgan fingerprint density at radius 2 is 1.93 bits per heavy atom. The molecule has 216 valence electrons. The van der Waals surface area contributed by atoms with Crippen LogP contribution in [-0.4, -0.2) is 47.1 Å². The van der Waals surface area contributed by atoms with Crippen molar-refractivity contribution in [3.8, 4) is 11.9 Å². The van der Waals surface area contributed by atoms with E-state index in [-0.39, 0.29) is 29.3 Å². The van der Waals surface area contributed by atoms with Gasteiger partial charge in [-0.1, -0.05) is 12.1 Å². The number of rotatable bonds is 9. The number of aromatic nitrogens is 3. The summed E-state index contributed by atoms with van der Waals surface area (Å²) in [5.41, 5.74) is 1.98. The normalized spacial score (nSPS) is 17.4. The highest BCUT2D eigenvalue weighted by Gasteiger charge is 2.57. The third-order valence-corrected chi connectivity index (χ3v) is 8.61. The van der Waals surface area contributed by atoms with Gasteiger partial charge >= 0.3 is 0 Å². The summed E-state index contributed by atoms with van der Waals surface area (Å²) < 4.78 is 42.4. The van der Waals surface area contributed by atoms with Crippen LogP contribution in [0.25, 0.3) is 11.0 Å². The fraction of sp³-hybridized carbons (Fsp3) is 0.375. The summed E-state index contributed by atoms with van der Waals surface area (Å²) >= 11 is 0. The van der Waals surface area contributed by atoms with Gasteiger partial charge in [0, 0.05) is 49.9 Å². The maximum absolute atomic E-state index is 15.0. The SMILES string of the molecule is COCCn1c(C2CC23CCN(c2cccc(OCc4ccc(C#N)cc4F)n2)CC3)nc2c(F)cc(C(C)=O)cc21. The molecule has 2 aromatic carbocycles. The van der Waals surface area contributed by atoms with Crippen LogP contribution in [-0.2, 0) is 17.9 Å². The highest BCUT2D eigenvalue weighted by Crippen LogP contribution is 2.65. The number of Topliss-reactive ketones (excluding diaryl/α,β-unsaturated/α-hetero) is 1. The average molecular weight is 572 g/mol. The van der Waals surface area contributed by atoms with E-state index >= 15 is 4.39 Å². The summed E-state index contributed by atoms with van der Waals surface area (Å²) in [6.45, 7) is 4.05. The van der Waals surface area contributed by atoms with Crippen molar-refractivity contribution in [1.82, 2.24) is 14.5 Å². The smallest absolute Gasteiger partial charge is 0.215 e. The summed E-state index contributed by atoms with van der Waals surface area (Å²) in [5.74, 6) is 1.12. The number of hydrogen-bond donors (Lipinski definition) is 0. The largest absolute Gasteiger partial charge is 0.473 e. The second-order valence-corrected chi connectivity index (χ2v) is 11.1. The molecule has 1 saturated heterocycles. The number of pyridine rings is 1. The second-order valence-electron chi connectivity index (χ2n) is 11.1. The van der Waals surface area contributed by atoms with Crippen LogP contribution in [0.15, 0.2) is 48.5 Å². The Kier molecular flexibility index (Phi) is 7.37. The van der Waals surface area contributed by atoms with Gasteiger partial charge in [0.1, 0.15) is 29.6 Å². The number of imidazole rings is 1. The molecule has 6 rings (SSSR count). The van der Waals surface area contributed by atoms with E-state index in [1.165, 1.54) is 19.1 Å². The second kappa shape index (κ2) is 11.1. The molecule has 1 aliphatic carbocycles. The van der Waals surface area contributed by atoms with Crippen LogP contribution in [0.3, 0.4) is 0 Å². The lowest BCUT2D eigenvalue weighted by Gasteiger charge is -2.34. The van der Waals surface area contributed by atoms with Gasteiger partial charge in [-0.05, 0) is 61.9 Å². The van der Waals surface area contributed by atoms with Crippen molar-refractivity contribution in [3.63, 3.8) is 0 Å². The predicted molar refractivity (Wildman–Crippen MR) is 152 cm³/mol. The van der Waals surface area contributed by atoms with Gasteiger partial charge in [-0.2, -0.15) is 10.2 Å². The third kappa shape index (κ3) is 5.21. The molecule has 1 aliphatic heterocycles. The van der Waals surface area contributed by atoms with E-state index in [1.54, 1.807) is 31.4 Å². The van der Waals surface area contributed by atoms with Crippen LogP contribution >= 0.6 is 0 Å². The lowest BCUT2D eigenvalue weighted by atomic mass is 9.90. The minimum Gasteiger partial charge on any atom is -0.473 e. The summed E-state index contributed by atoms with van der Waals surface area (Å²) in [6, 6.07) is 14.8. The highest BCUT2D eigenvalue weighted by molar-refractivity contribution is 5.97. The minimum absolute atomic E-state index is 0.0113. The van der Waals surface area contributed by atoms with Gasteiger partial charge in [0.05, 0.1) is 23.8 Å². The number of methoxy groups -OCH3 is 1. The first-order chi connectivity index (χ1) is 20.3.